The highest BCUT2D eigenvalue weighted by Gasteiger charge is 2.28. The van der Waals surface area contributed by atoms with E-state index in [2.05, 4.69) is 21.6 Å². The summed E-state index contributed by atoms with van der Waals surface area (Å²) in [6, 6.07) is 0.579. The van der Waals surface area contributed by atoms with Crippen LogP contribution in [0.25, 0.3) is 0 Å². The number of hydrogen-bond donors (Lipinski definition) is 2. The van der Waals surface area contributed by atoms with Gasteiger partial charge in [0.2, 0.25) is 0 Å². The van der Waals surface area contributed by atoms with Crippen molar-refractivity contribution in [1.29, 1.82) is 0 Å². The zero-order valence-electron chi connectivity index (χ0n) is 15.8. The molecule has 2 saturated heterocycles. The summed E-state index contributed by atoms with van der Waals surface area (Å²) in [5.74, 6) is -0.520. The second-order valence-corrected chi connectivity index (χ2v) is 7.82. The van der Waals surface area contributed by atoms with Crippen LogP contribution in [-0.4, -0.2) is 62.1 Å². The number of piperidine rings is 1. The third kappa shape index (κ3) is 5.81. The van der Waals surface area contributed by atoms with E-state index >= 15 is 0 Å². The first-order valence-electron chi connectivity index (χ1n) is 10.3. The zero-order valence-corrected chi connectivity index (χ0v) is 15.8. The lowest BCUT2D eigenvalue weighted by molar-refractivity contribution is -0.139. The van der Waals surface area contributed by atoms with Crippen molar-refractivity contribution in [2.75, 3.05) is 39.4 Å². The molecule has 0 aromatic rings. The number of carbonyl (C=O) groups is 2. The monoisotopic (exact) mass is 363 g/mol. The number of nitrogens with zero attached hydrogens (tertiary/aromatic N) is 1. The second-order valence-electron chi connectivity index (χ2n) is 7.82. The van der Waals surface area contributed by atoms with Crippen LogP contribution in [0.4, 0.5) is 0 Å². The summed E-state index contributed by atoms with van der Waals surface area (Å²) in [4.78, 5) is 26.4. The summed E-state index contributed by atoms with van der Waals surface area (Å²) >= 11 is 0. The Hall–Kier alpha value is -1.40. The summed E-state index contributed by atoms with van der Waals surface area (Å²) < 4.78 is 5.47. The molecule has 0 unspecified atom stereocenters. The van der Waals surface area contributed by atoms with E-state index in [4.69, 9.17) is 4.74 Å². The maximum atomic E-state index is 12.0. The third-order valence-corrected chi connectivity index (χ3v) is 5.95. The Labute approximate surface area is 156 Å². The summed E-state index contributed by atoms with van der Waals surface area (Å²) in [5, 5.41) is 5.56. The molecule has 6 nitrogen and oxygen atoms in total. The van der Waals surface area contributed by atoms with E-state index in [0.717, 1.165) is 64.8 Å². The van der Waals surface area contributed by atoms with E-state index < -0.39 is 11.8 Å². The number of amides is 2. The molecule has 2 fully saturated rings. The highest BCUT2D eigenvalue weighted by molar-refractivity contribution is 6.35. The van der Waals surface area contributed by atoms with Crippen LogP contribution in [0.15, 0.2) is 11.6 Å². The maximum Gasteiger partial charge on any atom is 0.309 e. The van der Waals surface area contributed by atoms with Crippen LogP contribution >= 0.6 is 0 Å². The summed E-state index contributed by atoms with van der Waals surface area (Å²) in [5.41, 5.74) is 1.41. The van der Waals surface area contributed by atoms with E-state index in [1.807, 2.05) is 0 Å². The predicted octanol–water partition coefficient (Wildman–Crippen LogP) is 1.61. The van der Waals surface area contributed by atoms with Gasteiger partial charge in [0.05, 0.1) is 6.61 Å². The maximum absolute atomic E-state index is 12.0. The molecule has 0 aromatic carbocycles. The Morgan fingerprint density at radius 3 is 2.62 bits per heavy atom. The van der Waals surface area contributed by atoms with Gasteiger partial charge in [0.25, 0.3) is 0 Å². The van der Waals surface area contributed by atoms with Gasteiger partial charge in [-0.3, -0.25) is 14.5 Å². The van der Waals surface area contributed by atoms with Crippen molar-refractivity contribution in [2.45, 2.75) is 57.4 Å². The van der Waals surface area contributed by atoms with Crippen molar-refractivity contribution in [3.63, 3.8) is 0 Å². The summed E-state index contributed by atoms with van der Waals surface area (Å²) in [6.45, 7) is 5.03. The molecule has 0 bridgehead atoms. The number of allylic oxidation sites excluding steroid dienone is 1. The Kier molecular flexibility index (Phi) is 7.50. The van der Waals surface area contributed by atoms with Crippen molar-refractivity contribution in [3.8, 4) is 0 Å². The molecule has 2 N–H and O–H groups in total. The first-order valence-corrected chi connectivity index (χ1v) is 10.3. The van der Waals surface area contributed by atoms with Crippen molar-refractivity contribution in [1.82, 2.24) is 15.5 Å². The molecular weight excluding hydrogens is 330 g/mol. The van der Waals surface area contributed by atoms with Gasteiger partial charge in [-0.2, -0.15) is 0 Å². The lowest BCUT2D eigenvalue weighted by Gasteiger charge is -2.35. The fourth-order valence-corrected chi connectivity index (χ4v) is 4.20. The lowest BCUT2D eigenvalue weighted by atomic mass is 9.95. The molecule has 6 heteroatoms. The van der Waals surface area contributed by atoms with Crippen LogP contribution < -0.4 is 10.6 Å². The van der Waals surface area contributed by atoms with Crippen molar-refractivity contribution >= 4 is 11.8 Å². The van der Waals surface area contributed by atoms with Crippen LogP contribution in [0.1, 0.15) is 51.4 Å². The highest BCUT2D eigenvalue weighted by atomic mass is 16.5. The molecule has 1 aliphatic carbocycles. The van der Waals surface area contributed by atoms with Gasteiger partial charge in [0.15, 0.2) is 0 Å². The summed E-state index contributed by atoms with van der Waals surface area (Å²) in [6.07, 6.45) is 11.2. The first-order chi connectivity index (χ1) is 12.7. The molecule has 2 aliphatic heterocycles. The fourth-order valence-electron chi connectivity index (χ4n) is 4.20. The van der Waals surface area contributed by atoms with Gasteiger partial charge in [-0.25, -0.2) is 0 Å². The molecule has 3 rings (SSSR count). The van der Waals surface area contributed by atoms with Gasteiger partial charge in [-0.1, -0.05) is 11.6 Å². The molecule has 26 heavy (non-hydrogen) atoms. The number of hydrogen-bond acceptors (Lipinski definition) is 4. The normalized spacial score (nSPS) is 24.9. The molecule has 2 heterocycles. The Bertz CT molecular complexity index is 506. The van der Waals surface area contributed by atoms with Crippen molar-refractivity contribution in [3.05, 3.63) is 11.6 Å². The second kappa shape index (κ2) is 10.1. The molecule has 146 valence electrons. The van der Waals surface area contributed by atoms with E-state index in [-0.39, 0.29) is 0 Å². The van der Waals surface area contributed by atoms with Gasteiger partial charge in [-0.15, -0.1) is 0 Å². The molecular formula is C20H33N3O3. The molecule has 0 aromatic heterocycles. The number of likely N-dealkylation sites (tertiary alicyclic amines) is 1. The van der Waals surface area contributed by atoms with Crippen LogP contribution in [0.3, 0.4) is 0 Å². The molecule has 2 amide bonds. The minimum absolute atomic E-state index is 0.470. The van der Waals surface area contributed by atoms with Gasteiger partial charge in [-0.05, 0) is 70.4 Å². The van der Waals surface area contributed by atoms with Gasteiger partial charge in [0.1, 0.15) is 0 Å². The van der Waals surface area contributed by atoms with E-state index in [9.17, 15) is 9.59 Å². The smallest absolute Gasteiger partial charge is 0.309 e. The van der Waals surface area contributed by atoms with Crippen LogP contribution in [-0.2, 0) is 14.3 Å². The fraction of sp³-hybridized carbons (Fsp3) is 0.800. The molecule has 1 atom stereocenters. The van der Waals surface area contributed by atoms with Crippen LogP contribution in [0.5, 0.6) is 0 Å². The van der Waals surface area contributed by atoms with Crippen LogP contribution in [0, 0.1) is 5.92 Å². The average molecular weight is 364 g/mol. The quantitative estimate of drug-likeness (QED) is 0.556. The van der Waals surface area contributed by atoms with Gasteiger partial charge >= 0.3 is 11.8 Å². The number of ether oxygens (including phenoxy) is 1. The summed E-state index contributed by atoms with van der Waals surface area (Å²) in [7, 11) is 0. The van der Waals surface area contributed by atoms with E-state index in [1.54, 1.807) is 0 Å². The topological polar surface area (TPSA) is 70.7 Å². The first kappa shape index (κ1) is 19.4. The van der Waals surface area contributed by atoms with E-state index in [0.29, 0.717) is 25.0 Å². The third-order valence-electron chi connectivity index (χ3n) is 5.95. The minimum Gasteiger partial charge on any atom is -0.380 e. The van der Waals surface area contributed by atoms with E-state index in [1.165, 1.54) is 18.4 Å². The highest BCUT2D eigenvalue weighted by Crippen LogP contribution is 2.22. The number of carbonyl (C=O) groups excluding carboxylic acids is 2. The van der Waals surface area contributed by atoms with Crippen molar-refractivity contribution < 1.29 is 14.3 Å². The SMILES string of the molecule is O=C(NCCC1=CCCCC1)C(=O)NCC1CCN([C@@H]2CCOC2)CC1. The lowest BCUT2D eigenvalue weighted by Crippen LogP contribution is -2.46. The molecule has 0 radical (unpaired) electrons. The predicted molar refractivity (Wildman–Crippen MR) is 101 cm³/mol. The Morgan fingerprint density at radius 2 is 1.92 bits per heavy atom. The Balaban J connectivity index is 1.27. The van der Waals surface area contributed by atoms with Crippen molar-refractivity contribution in [2.24, 2.45) is 5.92 Å². The molecule has 0 saturated carbocycles. The van der Waals surface area contributed by atoms with Gasteiger partial charge < -0.3 is 15.4 Å². The zero-order chi connectivity index (χ0) is 18.2. The average Bonchev–Trinajstić information content (AvgIpc) is 3.22. The number of nitrogens with one attached hydrogen (secondary N) is 2. The van der Waals surface area contributed by atoms with Gasteiger partial charge in [0, 0.05) is 25.7 Å². The Morgan fingerprint density at radius 1 is 1.12 bits per heavy atom. The molecule has 0 spiro atoms. The van der Waals surface area contributed by atoms with Crippen LogP contribution in [0.2, 0.25) is 0 Å². The minimum atomic E-state index is -0.498. The standard InChI is InChI=1S/C20H33N3O3/c24-19(21-10-6-16-4-2-1-3-5-16)20(25)22-14-17-7-11-23(12-8-17)18-9-13-26-15-18/h4,17-18H,1-3,5-15H2,(H,21,24)(H,22,25)/t18-/m1/s1. The number of rotatable bonds is 6. The molecule has 3 aliphatic rings. The largest absolute Gasteiger partial charge is 0.380 e.